The first-order chi connectivity index (χ1) is 27.6. The number of amides is 2. The third kappa shape index (κ3) is 11.1. The molecule has 0 aliphatic carbocycles. The van der Waals surface area contributed by atoms with Crippen molar-refractivity contribution in [2.75, 3.05) is 82.3 Å². The number of methoxy groups -OCH3 is 2. The molecule has 2 aromatic heterocycles. The van der Waals surface area contributed by atoms with Crippen LogP contribution >= 0.6 is 80.0 Å². The summed E-state index contributed by atoms with van der Waals surface area (Å²) in [5.41, 5.74) is 4.14. The molecule has 4 heterocycles. The zero-order valence-corrected chi connectivity index (χ0v) is 37.9. The number of rotatable bonds is 7. The molecule has 2 amide bonds. The van der Waals surface area contributed by atoms with Crippen LogP contribution in [0.2, 0.25) is 10.0 Å². The number of aromatic amines is 1. The summed E-state index contributed by atoms with van der Waals surface area (Å²) >= 11 is 22.1. The van der Waals surface area contributed by atoms with Crippen LogP contribution < -0.4 is 19.3 Å². The molecule has 0 bridgehead atoms. The maximum atomic E-state index is 12.8. The highest BCUT2D eigenvalue weighted by Gasteiger charge is 2.24. The lowest BCUT2D eigenvalue weighted by Crippen LogP contribution is -2.49. The number of aromatic nitrogens is 4. The average molecular weight is 1070 g/mol. The van der Waals surface area contributed by atoms with Gasteiger partial charge >= 0.3 is 0 Å². The molecule has 0 spiro atoms. The molecule has 0 radical (unpaired) electrons. The van der Waals surface area contributed by atoms with E-state index in [2.05, 4.69) is 76.3 Å². The minimum absolute atomic E-state index is 0. The van der Waals surface area contributed by atoms with E-state index in [1.54, 1.807) is 23.8 Å². The summed E-state index contributed by atoms with van der Waals surface area (Å²) in [6.45, 7) is 6.12. The number of hydrogen-bond acceptors (Lipinski definition) is 8. The van der Waals surface area contributed by atoms with E-state index in [9.17, 15) is 9.59 Å². The number of para-hydroxylation sites is 2. The number of anilines is 2. The van der Waals surface area contributed by atoms with Crippen LogP contribution in [-0.2, 0) is 16.1 Å². The molecule has 17 heteroatoms. The molecular weight excluding hydrogens is 1030 g/mol. The van der Waals surface area contributed by atoms with Gasteiger partial charge in [0.05, 0.1) is 35.3 Å². The number of halogens is 5. The first kappa shape index (κ1) is 45.4. The molecule has 4 aromatic carbocycles. The number of carbonyl (C=O) groups excluding carboxylic acids is 2. The number of alkyl halides is 1. The Labute approximate surface area is 380 Å². The van der Waals surface area contributed by atoms with Crippen LogP contribution in [0.25, 0.3) is 21.8 Å². The molecule has 58 heavy (non-hydrogen) atoms. The minimum Gasteiger partial charge on any atom is -0.495 e. The summed E-state index contributed by atoms with van der Waals surface area (Å²) in [5.74, 6) is 1.47. The van der Waals surface area contributed by atoms with Gasteiger partial charge in [-0.1, -0.05) is 67.0 Å². The van der Waals surface area contributed by atoms with Crippen LogP contribution in [0.15, 0.2) is 84.9 Å². The van der Waals surface area contributed by atoms with Crippen molar-refractivity contribution in [3.05, 3.63) is 102 Å². The molecule has 2 aliphatic rings. The van der Waals surface area contributed by atoms with E-state index in [4.69, 9.17) is 44.3 Å². The lowest BCUT2D eigenvalue weighted by Gasteiger charge is -2.36. The second kappa shape index (κ2) is 21.5. The van der Waals surface area contributed by atoms with Gasteiger partial charge in [-0.2, -0.15) is 10.2 Å². The van der Waals surface area contributed by atoms with Gasteiger partial charge in [-0.3, -0.25) is 19.4 Å². The van der Waals surface area contributed by atoms with Gasteiger partial charge in [-0.05, 0) is 81.6 Å². The molecule has 0 saturated carbocycles. The highest BCUT2D eigenvalue weighted by molar-refractivity contribution is 14.1. The first-order valence-electron chi connectivity index (χ1n) is 18.1. The van der Waals surface area contributed by atoms with Crippen LogP contribution in [0.3, 0.4) is 0 Å². The van der Waals surface area contributed by atoms with Gasteiger partial charge in [0.2, 0.25) is 11.8 Å². The van der Waals surface area contributed by atoms with Crippen molar-refractivity contribution in [1.29, 1.82) is 0 Å². The molecule has 6 aromatic rings. The Balaban J connectivity index is 0.000000183. The van der Waals surface area contributed by atoms with Crippen LogP contribution in [-0.4, -0.2) is 114 Å². The van der Waals surface area contributed by atoms with Crippen molar-refractivity contribution in [1.82, 2.24) is 29.8 Å². The van der Waals surface area contributed by atoms with E-state index in [-0.39, 0.29) is 31.7 Å². The van der Waals surface area contributed by atoms with Gasteiger partial charge in [-0.15, -0.1) is 11.6 Å². The standard InChI is InChI=1S/C20H20ClIN4O2.C13H16Cl2N2O2.C7H5IN2.CH4/c1-28-18-12-14(6-7-16(18)21)24-8-10-25(11-9-24)19(27)13-26-17-5-3-2-4-15(17)20(22)23-26;1-19-12-8-10(2-3-11(12)15)16-4-6-17(7-5-16)13(18)9-14;8-7-5-3-1-2-4-6(5)9-10-7;/h2-7,12H,8-11,13H2,1H3;2-3,8H,4-7,9H2,1H3;1-4H,(H,9,10);1H4. The van der Waals surface area contributed by atoms with Crippen molar-refractivity contribution in [3.8, 4) is 11.5 Å². The Morgan fingerprint density at radius 1 is 0.707 bits per heavy atom. The number of nitrogens with one attached hydrogen (secondary N) is 1. The largest absolute Gasteiger partial charge is 0.495 e. The molecule has 2 fully saturated rings. The van der Waals surface area contributed by atoms with Crippen molar-refractivity contribution >= 4 is 125 Å². The topological polar surface area (TPSA) is 112 Å². The normalized spacial score (nSPS) is 13.9. The molecule has 2 aliphatic heterocycles. The predicted octanol–water partition coefficient (Wildman–Crippen LogP) is 8.69. The fourth-order valence-corrected chi connectivity index (χ4v) is 8.42. The van der Waals surface area contributed by atoms with Gasteiger partial charge < -0.3 is 29.1 Å². The summed E-state index contributed by atoms with van der Waals surface area (Å²) < 4.78 is 14.3. The van der Waals surface area contributed by atoms with E-state index in [1.165, 1.54) is 5.39 Å². The lowest BCUT2D eigenvalue weighted by atomic mass is 10.2. The lowest BCUT2D eigenvalue weighted by molar-refractivity contribution is -0.132. The molecule has 2 saturated heterocycles. The number of ether oxygens (including phenoxy) is 2. The molecule has 8 rings (SSSR count). The Hall–Kier alpha value is -3.71. The number of piperazine rings is 2. The maximum absolute atomic E-state index is 12.8. The number of carbonyl (C=O) groups is 2. The van der Waals surface area contributed by atoms with Gasteiger partial charge in [-0.25, -0.2) is 0 Å². The zero-order chi connectivity index (χ0) is 40.5. The van der Waals surface area contributed by atoms with E-state index in [0.717, 1.165) is 61.4 Å². The quantitative estimate of drug-likeness (QED) is 0.125. The van der Waals surface area contributed by atoms with Crippen molar-refractivity contribution in [3.63, 3.8) is 0 Å². The van der Waals surface area contributed by atoms with Crippen molar-refractivity contribution in [2.45, 2.75) is 14.0 Å². The fraction of sp³-hybridized carbons (Fsp3) is 0.317. The van der Waals surface area contributed by atoms with Crippen molar-refractivity contribution in [2.24, 2.45) is 0 Å². The van der Waals surface area contributed by atoms with Crippen LogP contribution in [0.1, 0.15) is 7.43 Å². The van der Waals surface area contributed by atoms with Gasteiger partial charge in [0.25, 0.3) is 0 Å². The second-order valence-electron chi connectivity index (χ2n) is 13.0. The zero-order valence-electron chi connectivity index (χ0n) is 31.3. The second-order valence-corrected chi connectivity index (χ2v) is 16.2. The van der Waals surface area contributed by atoms with Crippen molar-refractivity contribution < 1.29 is 19.1 Å². The summed E-state index contributed by atoms with van der Waals surface area (Å²) in [6.07, 6.45) is 0. The van der Waals surface area contributed by atoms with E-state index >= 15 is 0 Å². The third-order valence-electron chi connectivity index (χ3n) is 9.69. The minimum atomic E-state index is -0.00463. The Kier molecular flexibility index (Phi) is 16.8. The Morgan fingerprint density at radius 2 is 1.21 bits per heavy atom. The Bertz CT molecular complexity index is 2310. The Morgan fingerprint density at radius 3 is 1.72 bits per heavy atom. The molecule has 12 nitrogen and oxygen atoms in total. The van der Waals surface area contributed by atoms with Crippen LogP contribution in [0.5, 0.6) is 11.5 Å². The summed E-state index contributed by atoms with van der Waals surface area (Å²) in [6, 6.07) is 27.5. The maximum Gasteiger partial charge on any atom is 0.244 e. The smallest absolute Gasteiger partial charge is 0.244 e. The average Bonchev–Trinajstić information content (AvgIpc) is 3.79. The summed E-state index contributed by atoms with van der Waals surface area (Å²) in [7, 11) is 3.21. The van der Waals surface area contributed by atoms with E-state index in [1.807, 2.05) is 83.8 Å². The van der Waals surface area contributed by atoms with E-state index in [0.29, 0.717) is 47.7 Å². The molecular formula is C41H45Cl3I2N8O4. The highest BCUT2D eigenvalue weighted by atomic mass is 127. The highest BCUT2D eigenvalue weighted by Crippen LogP contribution is 2.31. The van der Waals surface area contributed by atoms with Gasteiger partial charge in [0, 0.05) is 86.6 Å². The predicted molar refractivity (Wildman–Crippen MR) is 252 cm³/mol. The molecule has 0 unspecified atom stereocenters. The van der Waals surface area contributed by atoms with Crippen LogP contribution in [0.4, 0.5) is 11.4 Å². The molecule has 308 valence electrons. The van der Waals surface area contributed by atoms with Gasteiger partial charge in [0.1, 0.15) is 31.3 Å². The SMILES string of the molecule is C.COc1cc(N2CCN(C(=O)CCl)CC2)ccc1Cl.COc1cc(N2CCN(C(=O)Cn3nc(I)c4ccccc43)CC2)ccc1Cl.Ic1[nH]nc2ccccc12. The number of benzene rings is 4. The number of fused-ring (bicyclic) bond motifs is 2. The fourth-order valence-electron chi connectivity index (χ4n) is 6.56. The third-order valence-corrected chi connectivity index (χ3v) is 12.2. The summed E-state index contributed by atoms with van der Waals surface area (Å²) in [4.78, 5) is 32.5. The first-order valence-corrected chi connectivity index (χ1v) is 21.5. The number of hydrogen-bond donors (Lipinski definition) is 1. The van der Waals surface area contributed by atoms with Gasteiger partial charge in [0.15, 0.2) is 0 Å². The summed E-state index contributed by atoms with van der Waals surface area (Å²) in [5, 5.41) is 15.0. The molecule has 1 N–H and O–H groups in total. The monoisotopic (exact) mass is 1070 g/mol. The number of nitrogens with zero attached hydrogens (tertiary/aromatic N) is 7. The van der Waals surface area contributed by atoms with E-state index < -0.39 is 0 Å². The number of H-pyrrole nitrogens is 1. The van der Waals surface area contributed by atoms with Crippen LogP contribution in [0, 0.1) is 7.40 Å². The molecule has 0 atom stereocenters.